The van der Waals surface area contributed by atoms with Gasteiger partial charge in [0.2, 0.25) is 0 Å². The number of rotatable bonds is 9. The number of hydrogen-bond donors (Lipinski definition) is 0. The van der Waals surface area contributed by atoms with E-state index < -0.39 is 0 Å². The van der Waals surface area contributed by atoms with Gasteiger partial charge in [-0.05, 0) is 71.8 Å². The summed E-state index contributed by atoms with van der Waals surface area (Å²) < 4.78 is 10.7. The summed E-state index contributed by atoms with van der Waals surface area (Å²) in [4.78, 5) is 40.3. The molecule has 218 valence electrons. The molecule has 0 N–H and O–H groups in total. The summed E-state index contributed by atoms with van der Waals surface area (Å²) in [6, 6.07) is 34.0. The van der Waals surface area contributed by atoms with Crippen LogP contribution in [0.4, 0.5) is 0 Å². The number of hydrogen-bond acceptors (Lipinski definition) is 6. The minimum absolute atomic E-state index is 0.204. The molecule has 0 aromatic heterocycles. The third-order valence-electron chi connectivity index (χ3n) is 7.34. The zero-order valence-corrected chi connectivity index (χ0v) is 24.4. The van der Waals surface area contributed by atoms with E-state index in [0.717, 1.165) is 22.3 Å². The van der Waals surface area contributed by atoms with E-state index in [-0.39, 0.29) is 24.9 Å². The van der Waals surface area contributed by atoms with E-state index in [2.05, 4.69) is 0 Å². The molecule has 0 radical (unpaired) electrons. The molecule has 0 fully saturated rings. The summed E-state index contributed by atoms with van der Waals surface area (Å²) in [6.45, 7) is 0.407. The van der Waals surface area contributed by atoms with Crippen molar-refractivity contribution in [3.63, 3.8) is 0 Å². The second-order valence-electron chi connectivity index (χ2n) is 10.1. The molecule has 8 nitrogen and oxygen atoms in total. The standard InChI is InChI=1S/C36H30N4O4/c1-43-29-17-13-27(14-18-29)33-37-31(23-25-9-5-3-6-10-25)35(41)39(33)21-22-40-34(28-15-19-30(44-2)20-16-28)38-32(36(40)42)24-26-11-7-4-8-12-26/h3-20,23-24H,21-22H2,1-2H3. The van der Waals surface area contributed by atoms with Gasteiger partial charge in [0, 0.05) is 24.2 Å². The highest BCUT2D eigenvalue weighted by Crippen LogP contribution is 2.26. The van der Waals surface area contributed by atoms with E-state index in [9.17, 15) is 9.59 Å². The number of benzene rings is 4. The van der Waals surface area contributed by atoms with Crippen LogP contribution in [0, 0.1) is 0 Å². The zero-order valence-electron chi connectivity index (χ0n) is 24.4. The maximum Gasteiger partial charge on any atom is 0.278 e. The van der Waals surface area contributed by atoms with Crippen molar-refractivity contribution in [2.24, 2.45) is 9.98 Å². The van der Waals surface area contributed by atoms with E-state index in [1.807, 2.05) is 109 Å². The molecule has 0 spiro atoms. The van der Waals surface area contributed by atoms with Crippen molar-refractivity contribution >= 4 is 35.6 Å². The quantitative estimate of drug-likeness (QED) is 0.238. The third-order valence-corrected chi connectivity index (χ3v) is 7.34. The number of ether oxygens (including phenoxy) is 2. The maximum atomic E-state index is 13.8. The molecule has 6 rings (SSSR count). The van der Waals surface area contributed by atoms with Crippen LogP contribution in [-0.2, 0) is 9.59 Å². The average molecular weight is 583 g/mol. The largest absolute Gasteiger partial charge is 0.497 e. The van der Waals surface area contributed by atoms with Crippen LogP contribution in [0.1, 0.15) is 22.3 Å². The van der Waals surface area contributed by atoms with Crippen molar-refractivity contribution in [1.82, 2.24) is 9.80 Å². The summed E-state index contributed by atoms with van der Waals surface area (Å²) in [6.07, 6.45) is 3.55. The SMILES string of the molecule is COc1ccc(C2=NC(=Cc3ccccc3)C(=O)N2CCN2C(=O)C(=Cc3ccccc3)N=C2c2ccc(OC)cc2)cc1. The van der Waals surface area contributed by atoms with Crippen molar-refractivity contribution in [2.45, 2.75) is 0 Å². The van der Waals surface area contributed by atoms with Gasteiger partial charge in [-0.25, -0.2) is 9.98 Å². The summed E-state index contributed by atoms with van der Waals surface area (Å²) in [5.74, 6) is 1.93. The zero-order chi connectivity index (χ0) is 30.5. The second kappa shape index (κ2) is 12.6. The fourth-order valence-corrected chi connectivity index (χ4v) is 5.05. The number of amides is 2. The summed E-state index contributed by atoms with van der Waals surface area (Å²) >= 11 is 0. The van der Waals surface area contributed by atoms with Gasteiger partial charge in [0.15, 0.2) is 0 Å². The molecule has 44 heavy (non-hydrogen) atoms. The molecule has 0 saturated heterocycles. The number of aliphatic imine (C=N–C) groups is 2. The van der Waals surface area contributed by atoms with Crippen molar-refractivity contribution in [3.05, 3.63) is 143 Å². The van der Waals surface area contributed by atoms with Gasteiger partial charge < -0.3 is 9.47 Å². The van der Waals surface area contributed by atoms with Gasteiger partial charge >= 0.3 is 0 Å². The first-order chi connectivity index (χ1) is 21.5. The van der Waals surface area contributed by atoms with E-state index in [1.54, 1.807) is 36.2 Å². The smallest absolute Gasteiger partial charge is 0.278 e. The molecule has 2 heterocycles. The topological polar surface area (TPSA) is 83.8 Å². The molecular formula is C36H30N4O4. The molecule has 2 amide bonds. The fraction of sp³-hybridized carbons (Fsp3) is 0.111. The van der Waals surface area contributed by atoms with Gasteiger partial charge in [0.05, 0.1) is 14.2 Å². The number of carbonyl (C=O) groups excluding carboxylic acids is 2. The lowest BCUT2D eigenvalue weighted by molar-refractivity contribution is -0.125. The monoisotopic (exact) mass is 582 g/mol. The molecule has 0 aliphatic carbocycles. The van der Waals surface area contributed by atoms with Crippen LogP contribution < -0.4 is 9.47 Å². The van der Waals surface area contributed by atoms with Crippen LogP contribution in [0.5, 0.6) is 11.5 Å². The number of carbonyl (C=O) groups is 2. The Hall–Kier alpha value is -5.76. The van der Waals surface area contributed by atoms with Gasteiger partial charge in [-0.2, -0.15) is 0 Å². The van der Waals surface area contributed by atoms with Crippen molar-refractivity contribution < 1.29 is 19.1 Å². The Morgan fingerprint density at radius 2 is 0.909 bits per heavy atom. The lowest BCUT2D eigenvalue weighted by Gasteiger charge is -2.24. The molecule has 4 aromatic rings. The first-order valence-electron chi connectivity index (χ1n) is 14.2. The molecule has 0 unspecified atom stereocenters. The Balaban J connectivity index is 1.33. The van der Waals surface area contributed by atoms with Crippen molar-refractivity contribution in [2.75, 3.05) is 27.3 Å². The summed E-state index contributed by atoms with van der Waals surface area (Å²) in [5.41, 5.74) is 3.91. The minimum Gasteiger partial charge on any atom is -0.497 e. The summed E-state index contributed by atoms with van der Waals surface area (Å²) in [5, 5.41) is 0. The van der Waals surface area contributed by atoms with Gasteiger partial charge in [-0.1, -0.05) is 60.7 Å². The first kappa shape index (κ1) is 28.4. The molecule has 2 aliphatic heterocycles. The maximum absolute atomic E-state index is 13.8. The van der Waals surface area contributed by atoms with Crippen LogP contribution in [0.3, 0.4) is 0 Å². The molecular weight excluding hydrogens is 552 g/mol. The Morgan fingerprint density at radius 1 is 0.545 bits per heavy atom. The molecule has 0 bridgehead atoms. The number of methoxy groups -OCH3 is 2. The van der Waals surface area contributed by atoms with E-state index in [4.69, 9.17) is 19.5 Å². The second-order valence-corrected chi connectivity index (χ2v) is 10.1. The highest BCUT2D eigenvalue weighted by atomic mass is 16.5. The van der Waals surface area contributed by atoms with E-state index in [1.165, 1.54) is 0 Å². The molecule has 2 aliphatic rings. The predicted octanol–water partition coefficient (Wildman–Crippen LogP) is 5.66. The number of nitrogens with zero attached hydrogens (tertiary/aromatic N) is 4. The number of amidine groups is 2. The Morgan fingerprint density at radius 3 is 1.25 bits per heavy atom. The summed E-state index contributed by atoms with van der Waals surface area (Å²) in [7, 11) is 3.21. The van der Waals surface area contributed by atoms with Crippen molar-refractivity contribution in [3.8, 4) is 11.5 Å². The van der Waals surface area contributed by atoms with Gasteiger partial charge in [0.25, 0.3) is 11.8 Å². The van der Waals surface area contributed by atoms with E-state index in [0.29, 0.717) is 34.6 Å². The molecule has 0 saturated carbocycles. The Labute approximate surface area is 255 Å². The van der Waals surface area contributed by atoms with Crippen LogP contribution >= 0.6 is 0 Å². The lowest BCUT2D eigenvalue weighted by Crippen LogP contribution is -2.42. The van der Waals surface area contributed by atoms with Gasteiger partial charge in [0.1, 0.15) is 34.6 Å². The lowest BCUT2D eigenvalue weighted by atomic mass is 10.1. The Bertz CT molecular complexity index is 1660. The van der Waals surface area contributed by atoms with Gasteiger partial charge in [-0.15, -0.1) is 0 Å². The van der Waals surface area contributed by atoms with Crippen LogP contribution in [-0.4, -0.2) is 60.6 Å². The Kier molecular flexibility index (Phi) is 8.14. The normalized spacial score (nSPS) is 16.5. The molecule has 0 atom stereocenters. The van der Waals surface area contributed by atoms with Crippen molar-refractivity contribution in [1.29, 1.82) is 0 Å². The minimum atomic E-state index is -0.241. The first-order valence-corrected chi connectivity index (χ1v) is 14.2. The van der Waals surface area contributed by atoms with Crippen LogP contribution in [0.2, 0.25) is 0 Å². The molecule has 4 aromatic carbocycles. The van der Waals surface area contributed by atoms with Gasteiger partial charge in [-0.3, -0.25) is 19.4 Å². The van der Waals surface area contributed by atoms with Crippen LogP contribution in [0.15, 0.2) is 131 Å². The highest BCUT2D eigenvalue weighted by Gasteiger charge is 2.35. The fourth-order valence-electron chi connectivity index (χ4n) is 5.05. The third kappa shape index (κ3) is 5.91. The predicted molar refractivity (Wildman–Crippen MR) is 171 cm³/mol. The average Bonchev–Trinajstić information content (AvgIpc) is 3.55. The highest BCUT2D eigenvalue weighted by molar-refractivity contribution is 6.21. The van der Waals surface area contributed by atoms with E-state index >= 15 is 0 Å². The molecule has 8 heteroatoms. The van der Waals surface area contributed by atoms with Crippen LogP contribution in [0.25, 0.3) is 12.2 Å².